The van der Waals surface area contributed by atoms with Crippen molar-refractivity contribution in [3.05, 3.63) is 83.2 Å². The molecule has 0 bridgehead atoms. The van der Waals surface area contributed by atoms with Crippen LogP contribution in [0.4, 0.5) is 0 Å². The Kier molecular flexibility index (Phi) is 10.5. The monoisotopic (exact) mass is 511 g/mol. The second-order valence-corrected chi connectivity index (χ2v) is 10.1. The van der Waals surface area contributed by atoms with Gasteiger partial charge in [0.2, 0.25) is 0 Å². The van der Waals surface area contributed by atoms with Crippen LogP contribution in [-0.2, 0) is 11.2 Å². The molecule has 2 aromatic heterocycles. The fourth-order valence-electron chi connectivity index (χ4n) is 4.62. The van der Waals surface area contributed by atoms with Gasteiger partial charge >= 0.3 is 0 Å². The van der Waals surface area contributed by atoms with Crippen LogP contribution in [0.1, 0.15) is 89.6 Å². The highest BCUT2D eigenvalue weighted by atomic mass is 16.2. The normalized spacial score (nSPS) is 17.8. The third-order valence-corrected chi connectivity index (χ3v) is 7.46. The number of carbonyl (C=O) groups is 1. The van der Waals surface area contributed by atoms with E-state index in [9.17, 15) is 10.1 Å². The van der Waals surface area contributed by atoms with Crippen LogP contribution in [0.15, 0.2) is 66.3 Å². The van der Waals surface area contributed by atoms with E-state index in [1.807, 2.05) is 56.2 Å². The zero-order chi connectivity index (χ0) is 27.5. The van der Waals surface area contributed by atoms with Crippen molar-refractivity contribution in [2.24, 2.45) is 5.41 Å². The van der Waals surface area contributed by atoms with E-state index in [4.69, 9.17) is 0 Å². The number of hydrogen-bond acceptors (Lipinski definition) is 5. The molecule has 0 aromatic carbocycles. The lowest BCUT2D eigenvalue weighted by Gasteiger charge is -2.37. The Morgan fingerprint density at radius 1 is 1.16 bits per heavy atom. The van der Waals surface area contributed by atoms with E-state index in [0.29, 0.717) is 43.8 Å². The van der Waals surface area contributed by atoms with Crippen LogP contribution >= 0.6 is 0 Å². The van der Waals surface area contributed by atoms with E-state index >= 15 is 0 Å². The van der Waals surface area contributed by atoms with Crippen molar-refractivity contribution in [2.75, 3.05) is 13.1 Å². The lowest BCUT2D eigenvalue weighted by atomic mass is 9.76. The Hall–Kier alpha value is -3.59. The molecule has 2 fully saturated rings. The molecule has 2 aromatic rings. The molecule has 0 radical (unpaired) electrons. The summed E-state index contributed by atoms with van der Waals surface area (Å²) in [4.78, 5) is 28.6. The third-order valence-electron chi connectivity index (χ3n) is 7.46. The molecule has 1 saturated heterocycles. The summed E-state index contributed by atoms with van der Waals surface area (Å²) in [6.07, 6.45) is 16.4. The number of likely N-dealkylation sites (tertiary alicyclic amines) is 1. The summed E-state index contributed by atoms with van der Waals surface area (Å²) >= 11 is 0. The summed E-state index contributed by atoms with van der Waals surface area (Å²) in [6.45, 7) is 11.2. The lowest BCUT2D eigenvalue weighted by Crippen LogP contribution is -2.44. The fraction of sp³-hybridized carbons (Fsp3) is 0.469. The van der Waals surface area contributed by atoms with Crippen LogP contribution in [-0.4, -0.2) is 38.8 Å². The van der Waals surface area contributed by atoms with Gasteiger partial charge in [-0.2, -0.15) is 5.26 Å². The molecular weight excluding hydrogens is 470 g/mol. The van der Waals surface area contributed by atoms with Crippen molar-refractivity contribution in [2.45, 2.75) is 79.1 Å². The predicted octanol–water partition coefficient (Wildman–Crippen LogP) is 6.84. The summed E-state index contributed by atoms with van der Waals surface area (Å²) < 4.78 is 0. The van der Waals surface area contributed by atoms with Gasteiger partial charge in [0.1, 0.15) is 6.33 Å². The predicted molar refractivity (Wildman–Crippen MR) is 153 cm³/mol. The molecule has 6 heteroatoms. The summed E-state index contributed by atoms with van der Waals surface area (Å²) in [7, 11) is 0. The minimum absolute atomic E-state index is 0.0247. The minimum atomic E-state index is -0.493. The molecule has 1 aliphatic carbocycles. The smallest absolute Gasteiger partial charge is 0.254 e. The molecular formula is C32H41N5O. The van der Waals surface area contributed by atoms with Crippen LogP contribution in [0.2, 0.25) is 0 Å². The SMILES string of the molecule is CC.CC/C(C)=C/C=C\C(C(=O)N1CCC(C#N)(Cc2ccc(C3CC3)cn2)CC1)=C(/C)c1ccncn1. The van der Waals surface area contributed by atoms with Gasteiger partial charge in [0.15, 0.2) is 0 Å². The largest absolute Gasteiger partial charge is 0.339 e. The summed E-state index contributed by atoms with van der Waals surface area (Å²) in [5, 5.41) is 10.1. The van der Waals surface area contributed by atoms with Crippen molar-refractivity contribution in [3.8, 4) is 6.07 Å². The van der Waals surface area contributed by atoms with E-state index in [1.54, 1.807) is 6.20 Å². The average Bonchev–Trinajstić information content (AvgIpc) is 3.83. The molecule has 2 aliphatic rings. The Labute approximate surface area is 228 Å². The maximum atomic E-state index is 13.7. The molecule has 0 atom stereocenters. The maximum absolute atomic E-state index is 13.7. The minimum Gasteiger partial charge on any atom is -0.339 e. The third kappa shape index (κ3) is 7.47. The number of pyridine rings is 1. The Morgan fingerprint density at radius 2 is 1.89 bits per heavy atom. The molecule has 1 aliphatic heterocycles. The van der Waals surface area contributed by atoms with E-state index in [-0.39, 0.29) is 5.91 Å². The van der Waals surface area contributed by atoms with Crippen LogP contribution in [0.5, 0.6) is 0 Å². The van der Waals surface area contributed by atoms with Crippen LogP contribution in [0.3, 0.4) is 0 Å². The number of nitrogens with zero attached hydrogens (tertiary/aromatic N) is 5. The average molecular weight is 512 g/mol. The number of amides is 1. The van der Waals surface area contributed by atoms with Crippen LogP contribution < -0.4 is 0 Å². The molecule has 1 saturated carbocycles. The molecule has 6 nitrogen and oxygen atoms in total. The number of hydrogen-bond donors (Lipinski definition) is 0. The zero-order valence-corrected chi connectivity index (χ0v) is 23.6. The summed E-state index contributed by atoms with van der Waals surface area (Å²) in [5.41, 5.74) is 5.19. The van der Waals surface area contributed by atoms with Crippen molar-refractivity contribution >= 4 is 11.5 Å². The standard InChI is InChI=1S/C30H35N5O.C2H6/c1-4-22(2)6-5-7-27(23(3)28-12-15-32-21-34-28)29(36)35-16-13-30(20-31,14-17-35)18-26-11-10-25(19-33-26)24-8-9-24;1-2/h5-7,10-12,15,19,21,24H,4,8-9,13-14,16-18H2,1-3H3;1-2H3/b7-5-,22-6+,27-23-;. The second kappa shape index (κ2) is 13.8. The van der Waals surface area contributed by atoms with Gasteiger partial charge in [-0.25, -0.2) is 9.97 Å². The highest BCUT2D eigenvalue weighted by molar-refractivity contribution is 6.03. The van der Waals surface area contributed by atoms with E-state index in [1.165, 1.54) is 30.3 Å². The number of aromatic nitrogens is 3. The molecule has 1 amide bonds. The zero-order valence-electron chi connectivity index (χ0n) is 23.6. The quantitative estimate of drug-likeness (QED) is 0.286. The molecule has 3 heterocycles. The fourth-order valence-corrected chi connectivity index (χ4v) is 4.62. The topological polar surface area (TPSA) is 82.8 Å². The Bertz CT molecular complexity index is 1190. The summed E-state index contributed by atoms with van der Waals surface area (Å²) in [5.74, 6) is 0.651. The van der Waals surface area contributed by atoms with E-state index < -0.39 is 5.41 Å². The van der Waals surface area contributed by atoms with Gasteiger partial charge in [0.25, 0.3) is 5.91 Å². The first kappa shape index (κ1) is 29.0. The number of rotatable bonds is 8. The number of piperidine rings is 1. The van der Waals surface area contributed by atoms with Gasteiger partial charge < -0.3 is 4.90 Å². The van der Waals surface area contributed by atoms with Gasteiger partial charge in [0.05, 0.1) is 17.2 Å². The lowest BCUT2D eigenvalue weighted by molar-refractivity contribution is -0.128. The van der Waals surface area contributed by atoms with Crippen molar-refractivity contribution < 1.29 is 4.79 Å². The van der Waals surface area contributed by atoms with Crippen LogP contribution in [0.25, 0.3) is 5.57 Å². The Balaban J connectivity index is 0.00000195. The molecule has 0 N–H and O–H groups in total. The maximum Gasteiger partial charge on any atom is 0.254 e. The van der Waals surface area contributed by atoms with E-state index in [2.05, 4.69) is 47.0 Å². The first-order valence-corrected chi connectivity index (χ1v) is 13.9. The first-order valence-electron chi connectivity index (χ1n) is 13.9. The van der Waals surface area contributed by atoms with Crippen molar-refractivity contribution in [3.63, 3.8) is 0 Å². The highest BCUT2D eigenvalue weighted by Crippen LogP contribution is 2.40. The van der Waals surface area contributed by atoms with E-state index in [0.717, 1.165) is 23.4 Å². The van der Waals surface area contributed by atoms with Gasteiger partial charge in [-0.3, -0.25) is 9.78 Å². The second-order valence-electron chi connectivity index (χ2n) is 10.1. The molecule has 4 rings (SSSR count). The first-order chi connectivity index (χ1) is 18.4. The molecule has 0 spiro atoms. The van der Waals surface area contributed by atoms with Gasteiger partial charge in [-0.05, 0) is 81.2 Å². The number of carbonyl (C=O) groups excluding carboxylic acids is 1. The molecule has 38 heavy (non-hydrogen) atoms. The molecule has 200 valence electrons. The van der Waals surface area contributed by atoms with Crippen LogP contribution in [0, 0.1) is 16.7 Å². The summed E-state index contributed by atoms with van der Waals surface area (Å²) in [6, 6.07) is 8.64. The van der Waals surface area contributed by atoms with Gasteiger partial charge in [-0.15, -0.1) is 0 Å². The van der Waals surface area contributed by atoms with Crippen molar-refractivity contribution in [1.29, 1.82) is 5.26 Å². The molecule has 0 unspecified atom stereocenters. The number of nitriles is 1. The highest BCUT2D eigenvalue weighted by Gasteiger charge is 2.37. The van der Waals surface area contributed by atoms with Crippen molar-refractivity contribution in [1.82, 2.24) is 19.9 Å². The van der Waals surface area contributed by atoms with Gasteiger partial charge in [0, 0.05) is 43.2 Å². The number of allylic oxidation sites excluding steroid dienone is 4. The van der Waals surface area contributed by atoms with Gasteiger partial charge in [-0.1, -0.05) is 44.6 Å². The Morgan fingerprint density at radius 3 is 2.45 bits per heavy atom.